The summed E-state index contributed by atoms with van der Waals surface area (Å²) in [5.41, 5.74) is 0. The monoisotopic (exact) mass is 227 g/mol. The van der Waals surface area contributed by atoms with Crippen LogP contribution in [0.15, 0.2) is 0 Å². The van der Waals surface area contributed by atoms with Gasteiger partial charge in [0.15, 0.2) is 0 Å². The highest BCUT2D eigenvalue weighted by Crippen LogP contribution is 2.14. The Hall–Kier alpha value is -0.780. The number of carbonyl (C=O) groups is 1. The third kappa shape index (κ3) is 8.23. The number of unbranched alkanes of at least 4 members (excludes halogenated alkanes) is 4. The van der Waals surface area contributed by atoms with Crippen LogP contribution in [-0.4, -0.2) is 30.3 Å². The molecule has 0 unspecified atom stereocenters. The molecule has 3 nitrogen and oxygen atoms in total. The van der Waals surface area contributed by atoms with Crippen molar-refractivity contribution < 1.29 is 23.1 Å². The van der Waals surface area contributed by atoms with Crippen LogP contribution in [0.3, 0.4) is 0 Å². The van der Waals surface area contributed by atoms with Gasteiger partial charge in [0.25, 0.3) is 0 Å². The van der Waals surface area contributed by atoms with Gasteiger partial charge in [0.2, 0.25) is 0 Å². The van der Waals surface area contributed by atoms with Gasteiger partial charge < -0.3 is 10.4 Å². The lowest BCUT2D eigenvalue weighted by atomic mass is 10.1. The summed E-state index contributed by atoms with van der Waals surface area (Å²) in [5.74, 6) is -1.88. The van der Waals surface area contributed by atoms with Crippen molar-refractivity contribution in [2.75, 3.05) is 13.2 Å². The predicted octanol–water partition coefficient (Wildman–Crippen LogP) is 1.61. The van der Waals surface area contributed by atoms with E-state index in [1.54, 1.807) is 5.32 Å². The minimum absolute atomic E-state index is 0.0530. The van der Waals surface area contributed by atoms with Crippen molar-refractivity contribution in [1.29, 1.82) is 0 Å². The first kappa shape index (κ1) is 14.2. The quantitative estimate of drug-likeness (QED) is 0.649. The molecule has 0 aliphatic carbocycles. The zero-order valence-electron chi connectivity index (χ0n) is 8.44. The number of halogens is 3. The van der Waals surface area contributed by atoms with Gasteiger partial charge in [-0.3, -0.25) is 4.79 Å². The molecule has 0 heterocycles. The largest absolute Gasteiger partial charge is 0.471 e. The number of rotatable bonds is 7. The molecule has 0 saturated heterocycles. The maximum absolute atomic E-state index is 11.7. The second kappa shape index (κ2) is 7.50. The molecular formula is C9H16F3NO2. The summed E-state index contributed by atoms with van der Waals surface area (Å²) in [7, 11) is 0. The molecule has 0 radical (unpaired) electrons. The maximum atomic E-state index is 11.7. The van der Waals surface area contributed by atoms with E-state index in [0.29, 0.717) is 6.42 Å². The Balaban J connectivity index is 3.28. The summed E-state index contributed by atoms with van der Waals surface area (Å²) in [6.45, 7) is 0.197. The van der Waals surface area contributed by atoms with Crippen molar-refractivity contribution in [3.05, 3.63) is 0 Å². The van der Waals surface area contributed by atoms with Gasteiger partial charge in [-0.15, -0.1) is 0 Å². The van der Waals surface area contributed by atoms with Crippen LogP contribution in [0.1, 0.15) is 32.1 Å². The van der Waals surface area contributed by atoms with E-state index in [4.69, 9.17) is 5.11 Å². The third-order valence-electron chi connectivity index (χ3n) is 1.88. The molecule has 0 atom stereocenters. The summed E-state index contributed by atoms with van der Waals surface area (Å²) in [6.07, 6.45) is -1.04. The van der Waals surface area contributed by atoms with Crippen molar-refractivity contribution in [2.24, 2.45) is 0 Å². The number of nitrogens with one attached hydrogen (secondary N) is 1. The van der Waals surface area contributed by atoms with Crippen LogP contribution in [0, 0.1) is 0 Å². The zero-order valence-corrected chi connectivity index (χ0v) is 8.44. The number of hydrogen-bond donors (Lipinski definition) is 2. The molecule has 0 aromatic carbocycles. The van der Waals surface area contributed by atoms with Gasteiger partial charge in [-0.05, 0) is 12.8 Å². The van der Waals surface area contributed by atoms with Gasteiger partial charge in [-0.1, -0.05) is 19.3 Å². The predicted molar refractivity (Wildman–Crippen MR) is 49.2 cm³/mol. The van der Waals surface area contributed by atoms with Crippen molar-refractivity contribution in [1.82, 2.24) is 5.32 Å². The van der Waals surface area contributed by atoms with Gasteiger partial charge in [0, 0.05) is 13.2 Å². The maximum Gasteiger partial charge on any atom is 0.471 e. The van der Waals surface area contributed by atoms with Crippen LogP contribution in [0.4, 0.5) is 13.2 Å². The molecule has 0 aliphatic rings. The number of amides is 1. The second-order valence-corrected chi connectivity index (χ2v) is 3.25. The van der Waals surface area contributed by atoms with E-state index in [-0.39, 0.29) is 13.2 Å². The zero-order chi connectivity index (χ0) is 11.7. The molecule has 0 aromatic heterocycles. The lowest BCUT2D eigenvalue weighted by Gasteiger charge is -2.07. The topological polar surface area (TPSA) is 49.3 Å². The fourth-order valence-electron chi connectivity index (χ4n) is 1.07. The SMILES string of the molecule is O=C(NCCCCCCCO)C(F)(F)F. The number of carbonyl (C=O) groups excluding carboxylic acids is 1. The molecule has 6 heteroatoms. The Kier molecular flexibility index (Phi) is 7.11. The fourth-order valence-corrected chi connectivity index (χ4v) is 1.07. The molecule has 0 aromatic rings. The standard InChI is InChI=1S/C9H16F3NO2/c10-9(11,12)8(15)13-6-4-2-1-3-5-7-14/h14H,1-7H2,(H,13,15). The lowest BCUT2D eigenvalue weighted by Crippen LogP contribution is -2.37. The Morgan fingerprint density at radius 2 is 1.60 bits per heavy atom. The lowest BCUT2D eigenvalue weighted by molar-refractivity contribution is -0.173. The average Bonchev–Trinajstić information content (AvgIpc) is 2.14. The van der Waals surface area contributed by atoms with Crippen molar-refractivity contribution >= 4 is 5.91 Å². The molecule has 0 bridgehead atoms. The number of aliphatic hydroxyl groups excluding tert-OH is 1. The van der Waals surface area contributed by atoms with Crippen LogP contribution < -0.4 is 5.32 Å². The van der Waals surface area contributed by atoms with Crippen LogP contribution >= 0.6 is 0 Å². The van der Waals surface area contributed by atoms with Crippen LogP contribution in [0.5, 0.6) is 0 Å². The van der Waals surface area contributed by atoms with Crippen molar-refractivity contribution in [3.8, 4) is 0 Å². The Labute approximate surface area is 86.7 Å². The first-order chi connectivity index (χ1) is 6.98. The minimum Gasteiger partial charge on any atom is -0.396 e. The van der Waals surface area contributed by atoms with E-state index in [1.165, 1.54) is 0 Å². The summed E-state index contributed by atoms with van der Waals surface area (Å²) < 4.78 is 35.1. The molecule has 1 amide bonds. The molecule has 15 heavy (non-hydrogen) atoms. The number of hydrogen-bond acceptors (Lipinski definition) is 2. The van der Waals surface area contributed by atoms with E-state index in [2.05, 4.69) is 0 Å². The summed E-state index contributed by atoms with van der Waals surface area (Å²) in [5, 5.41) is 10.2. The van der Waals surface area contributed by atoms with Gasteiger partial charge in [0.1, 0.15) is 0 Å². The van der Waals surface area contributed by atoms with E-state index in [9.17, 15) is 18.0 Å². The second-order valence-electron chi connectivity index (χ2n) is 3.25. The van der Waals surface area contributed by atoms with Crippen molar-refractivity contribution in [3.63, 3.8) is 0 Å². The molecule has 90 valence electrons. The molecule has 0 aliphatic heterocycles. The van der Waals surface area contributed by atoms with Gasteiger partial charge >= 0.3 is 12.1 Å². The third-order valence-corrected chi connectivity index (χ3v) is 1.88. The molecule has 0 fully saturated rings. The smallest absolute Gasteiger partial charge is 0.396 e. The molecule has 0 rings (SSSR count). The highest BCUT2D eigenvalue weighted by molar-refractivity contribution is 5.81. The first-order valence-electron chi connectivity index (χ1n) is 4.94. The summed E-state index contributed by atoms with van der Waals surface area (Å²) in [4.78, 5) is 10.3. The normalized spacial score (nSPS) is 11.5. The Morgan fingerprint density at radius 1 is 1.07 bits per heavy atom. The summed E-state index contributed by atoms with van der Waals surface area (Å²) >= 11 is 0. The van der Waals surface area contributed by atoms with Crippen LogP contribution in [0.2, 0.25) is 0 Å². The van der Waals surface area contributed by atoms with Crippen LogP contribution in [-0.2, 0) is 4.79 Å². The van der Waals surface area contributed by atoms with Gasteiger partial charge in [0.05, 0.1) is 0 Å². The highest BCUT2D eigenvalue weighted by atomic mass is 19.4. The van der Waals surface area contributed by atoms with Crippen LogP contribution in [0.25, 0.3) is 0 Å². The minimum atomic E-state index is -4.78. The fraction of sp³-hybridized carbons (Fsp3) is 0.889. The number of aliphatic hydroxyl groups is 1. The molecule has 2 N–H and O–H groups in total. The van der Waals surface area contributed by atoms with Gasteiger partial charge in [-0.25, -0.2) is 0 Å². The van der Waals surface area contributed by atoms with E-state index >= 15 is 0 Å². The highest BCUT2D eigenvalue weighted by Gasteiger charge is 2.37. The van der Waals surface area contributed by atoms with E-state index in [0.717, 1.165) is 25.7 Å². The molecule has 0 spiro atoms. The van der Waals surface area contributed by atoms with Crippen molar-refractivity contribution in [2.45, 2.75) is 38.3 Å². The van der Waals surface area contributed by atoms with E-state index < -0.39 is 12.1 Å². The average molecular weight is 227 g/mol. The molecular weight excluding hydrogens is 211 g/mol. The van der Waals surface area contributed by atoms with Gasteiger partial charge in [-0.2, -0.15) is 13.2 Å². The number of alkyl halides is 3. The van der Waals surface area contributed by atoms with E-state index in [1.807, 2.05) is 0 Å². The Bertz CT molecular complexity index is 183. The molecule has 0 saturated carbocycles. The first-order valence-corrected chi connectivity index (χ1v) is 4.94. The Morgan fingerprint density at radius 3 is 2.13 bits per heavy atom. The summed E-state index contributed by atoms with van der Waals surface area (Å²) in [6, 6.07) is 0.